The first-order valence-electron chi connectivity index (χ1n) is 10.8. The molecule has 0 spiro atoms. The third-order valence-corrected chi connectivity index (χ3v) is 5.90. The topological polar surface area (TPSA) is 57.4 Å². The molecule has 3 aromatic heterocycles. The molecule has 2 aliphatic rings. The number of benzene rings is 1. The van der Waals surface area contributed by atoms with Crippen molar-refractivity contribution >= 4 is 46.4 Å². The molecule has 0 atom stereocenters. The third-order valence-electron chi connectivity index (χ3n) is 5.90. The molecule has 0 saturated heterocycles. The fraction of sp³-hybridized carbons (Fsp3) is 0.0714. The molecule has 4 heteroatoms. The zero-order chi connectivity index (χ0) is 21.5. The lowest BCUT2D eigenvalue weighted by Gasteiger charge is -2.04. The van der Waals surface area contributed by atoms with Crippen LogP contribution in [0.1, 0.15) is 39.5 Å². The van der Waals surface area contributed by atoms with E-state index in [9.17, 15) is 0 Å². The summed E-state index contributed by atoms with van der Waals surface area (Å²) in [4.78, 5) is 16.6. The van der Waals surface area contributed by atoms with Crippen LogP contribution in [0.25, 0.3) is 46.4 Å². The van der Waals surface area contributed by atoms with E-state index in [1.54, 1.807) is 0 Å². The fourth-order valence-corrected chi connectivity index (χ4v) is 4.24. The summed E-state index contributed by atoms with van der Waals surface area (Å²) in [5.41, 5.74) is 11.8. The summed E-state index contributed by atoms with van der Waals surface area (Å²) in [6.45, 7) is 2.17. The molecule has 2 N–H and O–H groups in total. The van der Waals surface area contributed by atoms with E-state index >= 15 is 0 Å². The smallest absolute Gasteiger partial charge is 0.0658 e. The highest BCUT2D eigenvalue weighted by Gasteiger charge is 2.07. The van der Waals surface area contributed by atoms with Crippen LogP contribution in [0.2, 0.25) is 0 Å². The first kappa shape index (κ1) is 18.6. The standard InChI is InChI=1S/C28H22N4/c1-18-4-2-3-5-19(18)12-20-13-27-16-25-9-8-23(30-25)14-21-6-7-22(29-21)15-24-10-11-26(31-24)17-28(20)32-27/h2-11,13-17,29,32H,12H2,1H3. The average molecular weight is 415 g/mol. The number of fused-ring (bicyclic) bond motifs is 8. The second kappa shape index (κ2) is 7.50. The number of nitrogens with zero attached hydrogens (tertiary/aromatic N) is 2. The van der Waals surface area contributed by atoms with Crippen molar-refractivity contribution in [3.05, 3.63) is 106 Å². The van der Waals surface area contributed by atoms with Gasteiger partial charge in [-0.05, 0) is 96.8 Å². The first-order chi connectivity index (χ1) is 15.7. The Morgan fingerprint density at radius 3 is 1.84 bits per heavy atom. The molecule has 5 heterocycles. The lowest BCUT2D eigenvalue weighted by Crippen LogP contribution is -1.90. The number of H-pyrrole nitrogens is 2. The SMILES string of the molecule is Cc1ccccc1Cc1cc2cc3nc(cc4ccc(cc5nc(cc1[nH]2)C=C5)[nH]4)C=C3. The van der Waals surface area contributed by atoms with Gasteiger partial charge in [0.15, 0.2) is 0 Å². The molecule has 4 nitrogen and oxygen atoms in total. The fourth-order valence-electron chi connectivity index (χ4n) is 4.24. The summed E-state index contributed by atoms with van der Waals surface area (Å²) in [5, 5.41) is 0. The molecule has 1 aromatic carbocycles. The molecular formula is C28H22N4. The van der Waals surface area contributed by atoms with Crippen molar-refractivity contribution in [2.75, 3.05) is 0 Å². The second-order valence-corrected chi connectivity index (χ2v) is 8.30. The van der Waals surface area contributed by atoms with Crippen molar-refractivity contribution in [1.29, 1.82) is 0 Å². The normalized spacial score (nSPS) is 12.4. The Kier molecular flexibility index (Phi) is 4.36. The number of aromatic amines is 2. The Morgan fingerprint density at radius 2 is 1.19 bits per heavy atom. The summed E-state index contributed by atoms with van der Waals surface area (Å²) in [6, 6.07) is 23.3. The van der Waals surface area contributed by atoms with Crippen LogP contribution in [-0.2, 0) is 6.42 Å². The van der Waals surface area contributed by atoms with Crippen LogP contribution in [-0.4, -0.2) is 19.9 Å². The Morgan fingerprint density at radius 1 is 0.594 bits per heavy atom. The summed E-state index contributed by atoms with van der Waals surface area (Å²) < 4.78 is 0. The monoisotopic (exact) mass is 414 g/mol. The molecule has 0 fully saturated rings. The molecule has 0 saturated carbocycles. The molecule has 0 unspecified atom stereocenters. The van der Waals surface area contributed by atoms with Crippen molar-refractivity contribution in [1.82, 2.24) is 19.9 Å². The lowest BCUT2D eigenvalue weighted by atomic mass is 10.0. The molecule has 0 aliphatic carbocycles. The van der Waals surface area contributed by atoms with E-state index in [1.807, 2.05) is 6.08 Å². The third kappa shape index (κ3) is 3.67. The molecule has 4 aromatic rings. The van der Waals surface area contributed by atoms with E-state index in [4.69, 9.17) is 9.97 Å². The van der Waals surface area contributed by atoms with Gasteiger partial charge in [0.1, 0.15) is 0 Å². The highest BCUT2D eigenvalue weighted by molar-refractivity contribution is 5.78. The van der Waals surface area contributed by atoms with Gasteiger partial charge in [0.2, 0.25) is 0 Å². The van der Waals surface area contributed by atoms with Gasteiger partial charge >= 0.3 is 0 Å². The molecule has 154 valence electrons. The predicted octanol–water partition coefficient (Wildman–Crippen LogP) is 6.55. The number of rotatable bonds is 2. The number of aryl methyl sites for hydroxylation is 1. The maximum Gasteiger partial charge on any atom is 0.0658 e. The molecule has 32 heavy (non-hydrogen) atoms. The Hall–Kier alpha value is -4.18. The summed E-state index contributed by atoms with van der Waals surface area (Å²) in [5.74, 6) is 0. The molecular weight excluding hydrogens is 392 g/mol. The van der Waals surface area contributed by atoms with Crippen LogP contribution in [0.4, 0.5) is 0 Å². The van der Waals surface area contributed by atoms with E-state index in [-0.39, 0.29) is 0 Å². The van der Waals surface area contributed by atoms with Crippen LogP contribution >= 0.6 is 0 Å². The second-order valence-electron chi connectivity index (χ2n) is 8.30. The Balaban J connectivity index is 1.60. The van der Waals surface area contributed by atoms with Crippen molar-refractivity contribution < 1.29 is 0 Å². The minimum absolute atomic E-state index is 0.862. The van der Waals surface area contributed by atoms with Crippen molar-refractivity contribution in [2.45, 2.75) is 13.3 Å². The molecule has 8 bridgehead atoms. The number of nitrogens with one attached hydrogen (secondary N) is 2. The maximum atomic E-state index is 4.80. The molecule has 2 aliphatic heterocycles. The van der Waals surface area contributed by atoms with Gasteiger partial charge < -0.3 is 9.97 Å². The average Bonchev–Trinajstić information content (AvgIpc) is 3.56. The number of aromatic nitrogens is 4. The highest BCUT2D eigenvalue weighted by atomic mass is 14.8. The van der Waals surface area contributed by atoms with Gasteiger partial charge in [-0.25, -0.2) is 9.97 Å². The van der Waals surface area contributed by atoms with Gasteiger partial charge in [0.25, 0.3) is 0 Å². The summed E-state index contributed by atoms with van der Waals surface area (Å²) in [6.07, 6.45) is 9.07. The van der Waals surface area contributed by atoms with Gasteiger partial charge in [0, 0.05) is 22.1 Å². The maximum absolute atomic E-state index is 4.80. The minimum Gasteiger partial charge on any atom is -0.355 e. The Labute approximate surface area is 186 Å². The van der Waals surface area contributed by atoms with Crippen LogP contribution in [0, 0.1) is 6.92 Å². The quantitative estimate of drug-likeness (QED) is 0.337. The predicted molar refractivity (Wildman–Crippen MR) is 133 cm³/mol. The van der Waals surface area contributed by atoms with E-state index < -0.39 is 0 Å². The van der Waals surface area contributed by atoms with Crippen molar-refractivity contribution in [2.24, 2.45) is 0 Å². The van der Waals surface area contributed by atoms with Crippen LogP contribution in [0.15, 0.2) is 66.7 Å². The van der Waals surface area contributed by atoms with Gasteiger partial charge in [-0.1, -0.05) is 24.3 Å². The number of hydrogen-bond acceptors (Lipinski definition) is 2. The van der Waals surface area contributed by atoms with Gasteiger partial charge in [-0.2, -0.15) is 0 Å². The van der Waals surface area contributed by atoms with Crippen LogP contribution in [0.3, 0.4) is 0 Å². The first-order valence-corrected chi connectivity index (χ1v) is 10.8. The van der Waals surface area contributed by atoms with Gasteiger partial charge in [-0.3, -0.25) is 0 Å². The van der Waals surface area contributed by atoms with Crippen molar-refractivity contribution in [3.8, 4) is 0 Å². The largest absolute Gasteiger partial charge is 0.355 e. The van der Waals surface area contributed by atoms with E-state index in [2.05, 4.69) is 102 Å². The van der Waals surface area contributed by atoms with Crippen LogP contribution in [0.5, 0.6) is 0 Å². The van der Waals surface area contributed by atoms with E-state index in [0.29, 0.717) is 0 Å². The summed E-state index contributed by atoms with van der Waals surface area (Å²) >= 11 is 0. The van der Waals surface area contributed by atoms with Crippen molar-refractivity contribution in [3.63, 3.8) is 0 Å². The van der Waals surface area contributed by atoms with Gasteiger partial charge in [0.05, 0.1) is 22.8 Å². The van der Waals surface area contributed by atoms with E-state index in [0.717, 1.165) is 51.3 Å². The minimum atomic E-state index is 0.862. The molecule has 6 rings (SSSR count). The zero-order valence-electron chi connectivity index (χ0n) is 17.8. The summed E-state index contributed by atoms with van der Waals surface area (Å²) in [7, 11) is 0. The number of hydrogen-bond donors (Lipinski definition) is 2. The van der Waals surface area contributed by atoms with Gasteiger partial charge in [-0.15, -0.1) is 0 Å². The highest BCUT2D eigenvalue weighted by Crippen LogP contribution is 2.22. The Bertz CT molecular complexity index is 1560. The molecule has 0 amide bonds. The molecule has 0 radical (unpaired) electrons. The van der Waals surface area contributed by atoms with Crippen LogP contribution < -0.4 is 0 Å². The van der Waals surface area contributed by atoms with E-state index in [1.165, 1.54) is 16.7 Å². The zero-order valence-corrected chi connectivity index (χ0v) is 17.8. The lowest BCUT2D eigenvalue weighted by molar-refractivity contribution is 1.17.